The second kappa shape index (κ2) is 5.97. The van der Waals surface area contributed by atoms with Crippen molar-refractivity contribution in [1.82, 2.24) is 15.0 Å². The van der Waals surface area contributed by atoms with Crippen molar-refractivity contribution >= 4 is 21.9 Å². The van der Waals surface area contributed by atoms with Gasteiger partial charge in [-0.2, -0.15) is 15.0 Å². The summed E-state index contributed by atoms with van der Waals surface area (Å²) in [6.07, 6.45) is 0.0131. The highest BCUT2D eigenvalue weighted by molar-refractivity contribution is 9.10. The highest BCUT2D eigenvalue weighted by atomic mass is 79.9. The van der Waals surface area contributed by atoms with Crippen molar-refractivity contribution in [2.45, 2.75) is 20.0 Å². The molecule has 0 radical (unpaired) electrons. The van der Waals surface area contributed by atoms with E-state index >= 15 is 0 Å². The van der Waals surface area contributed by atoms with Crippen LogP contribution in [0.1, 0.15) is 13.8 Å². The predicted octanol–water partition coefficient (Wildman–Crippen LogP) is 3.13. The molecule has 5 nitrogen and oxygen atoms in total. The second-order valence-electron chi connectivity index (χ2n) is 4.16. The summed E-state index contributed by atoms with van der Waals surface area (Å²) in [5.74, 6) is 1.05. The first-order chi connectivity index (χ1) is 9.10. The van der Waals surface area contributed by atoms with Gasteiger partial charge in [0.15, 0.2) is 5.82 Å². The molecule has 6 heteroatoms. The van der Waals surface area contributed by atoms with Crippen LogP contribution in [-0.2, 0) is 0 Å². The normalized spacial score (nSPS) is 10.6. The molecule has 1 aromatic heterocycles. The number of anilines is 1. The van der Waals surface area contributed by atoms with Crippen molar-refractivity contribution in [3.8, 4) is 17.4 Å². The van der Waals surface area contributed by atoms with Crippen LogP contribution >= 0.6 is 15.9 Å². The quantitative estimate of drug-likeness (QED) is 0.937. The van der Waals surface area contributed by atoms with Crippen molar-refractivity contribution < 1.29 is 4.74 Å². The fraction of sp³-hybridized carbons (Fsp3) is 0.308. The molecule has 0 saturated heterocycles. The minimum atomic E-state index is 0.0131. The summed E-state index contributed by atoms with van der Waals surface area (Å²) < 4.78 is 6.47. The molecule has 1 aromatic carbocycles. The van der Waals surface area contributed by atoms with Gasteiger partial charge in [-0.05, 0) is 19.9 Å². The van der Waals surface area contributed by atoms with Crippen molar-refractivity contribution in [2.75, 3.05) is 12.4 Å². The summed E-state index contributed by atoms with van der Waals surface area (Å²) in [5.41, 5.74) is 0.898. The van der Waals surface area contributed by atoms with Crippen LogP contribution in [0.25, 0.3) is 11.4 Å². The summed E-state index contributed by atoms with van der Waals surface area (Å²) in [5, 5.41) is 2.91. The van der Waals surface area contributed by atoms with Crippen molar-refractivity contribution in [3.63, 3.8) is 0 Å². The molecule has 0 unspecified atom stereocenters. The summed E-state index contributed by atoms with van der Waals surface area (Å²) in [7, 11) is 1.76. The molecule has 0 saturated carbocycles. The average Bonchev–Trinajstić information content (AvgIpc) is 2.38. The monoisotopic (exact) mass is 322 g/mol. The molecule has 2 rings (SSSR count). The van der Waals surface area contributed by atoms with Crippen LogP contribution in [0.5, 0.6) is 6.01 Å². The van der Waals surface area contributed by atoms with Gasteiger partial charge in [0.25, 0.3) is 0 Å². The average molecular weight is 323 g/mol. The standard InChI is InChI=1S/C13H15BrN4O/c1-8(2)19-13-17-11(16-12(15-3)18-13)9-6-4-5-7-10(9)14/h4-8H,1-3H3,(H,15,16,17,18). The lowest BCUT2D eigenvalue weighted by molar-refractivity contribution is 0.222. The van der Waals surface area contributed by atoms with Gasteiger partial charge in [-0.15, -0.1) is 0 Å². The molecule has 0 spiro atoms. The molecule has 0 fully saturated rings. The van der Waals surface area contributed by atoms with Crippen LogP contribution in [0.3, 0.4) is 0 Å². The fourth-order valence-corrected chi connectivity index (χ4v) is 1.96. The van der Waals surface area contributed by atoms with E-state index in [4.69, 9.17) is 4.74 Å². The Kier molecular flexibility index (Phi) is 4.31. The molecule has 100 valence electrons. The van der Waals surface area contributed by atoms with Gasteiger partial charge in [0.2, 0.25) is 5.95 Å². The zero-order valence-corrected chi connectivity index (χ0v) is 12.6. The topological polar surface area (TPSA) is 59.9 Å². The maximum atomic E-state index is 5.54. The summed E-state index contributed by atoms with van der Waals surface area (Å²) in [6.45, 7) is 3.86. The van der Waals surface area contributed by atoms with Crippen molar-refractivity contribution in [3.05, 3.63) is 28.7 Å². The van der Waals surface area contributed by atoms with Crippen LogP contribution in [0, 0.1) is 0 Å². The minimum Gasteiger partial charge on any atom is -0.461 e. The zero-order chi connectivity index (χ0) is 13.8. The summed E-state index contributed by atoms with van der Waals surface area (Å²) in [4.78, 5) is 12.9. The van der Waals surface area contributed by atoms with Gasteiger partial charge in [0.1, 0.15) is 0 Å². The van der Waals surface area contributed by atoms with Gasteiger partial charge >= 0.3 is 6.01 Å². The van der Waals surface area contributed by atoms with Crippen LogP contribution in [0.15, 0.2) is 28.7 Å². The Hall–Kier alpha value is -1.69. The number of nitrogens with zero attached hydrogens (tertiary/aromatic N) is 3. The van der Waals surface area contributed by atoms with Gasteiger partial charge in [-0.1, -0.05) is 34.1 Å². The van der Waals surface area contributed by atoms with E-state index in [-0.39, 0.29) is 6.10 Å². The lowest BCUT2D eigenvalue weighted by atomic mass is 10.2. The maximum absolute atomic E-state index is 5.54. The Morgan fingerprint density at radius 1 is 1.16 bits per heavy atom. The Morgan fingerprint density at radius 3 is 2.53 bits per heavy atom. The van der Waals surface area contributed by atoms with Crippen LogP contribution < -0.4 is 10.1 Å². The molecule has 0 aliphatic heterocycles. The molecular weight excluding hydrogens is 308 g/mol. The van der Waals surface area contributed by atoms with E-state index in [1.54, 1.807) is 7.05 Å². The fourth-order valence-electron chi connectivity index (χ4n) is 1.49. The molecule has 0 atom stereocenters. The molecule has 0 amide bonds. The largest absolute Gasteiger partial charge is 0.461 e. The second-order valence-corrected chi connectivity index (χ2v) is 5.02. The Labute approximate surface area is 120 Å². The van der Waals surface area contributed by atoms with Crippen molar-refractivity contribution in [2.24, 2.45) is 0 Å². The van der Waals surface area contributed by atoms with E-state index in [9.17, 15) is 0 Å². The molecule has 1 N–H and O–H groups in total. The summed E-state index contributed by atoms with van der Waals surface area (Å²) in [6, 6.07) is 8.09. The predicted molar refractivity (Wildman–Crippen MR) is 78.3 cm³/mol. The number of hydrogen-bond donors (Lipinski definition) is 1. The number of benzene rings is 1. The third-order valence-electron chi connectivity index (χ3n) is 2.29. The van der Waals surface area contributed by atoms with Gasteiger partial charge in [0, 0.05) is 17.1 Å². The molecule has 0 aliphatic carbocycles. The Balaban J connectivity index is 2.48. The lowest BCUT2D eigenvalue weighted by Crippen LogP contribution is -2.11. The van der Waals surface area contributed by atoms with E-state index in [1.165, 1.54) is 0 Å². The van der Waals surface area contributed by atoms with Gasteiger partial charge in [-0.25, -0.2) is 0 Å². The first-order valence-electron chi connectivity index (χ1n) is 5.95. The number of halogens is 1. The van der Waals surface area contributed by atoms with E-state index in [2.05, 4.69) is 36.2 Å². The Bertz CT molecular complexity index is 574. The van der Waals surface area contributed by atoms with Crippen LogP contribution in [0.4, 0.5) is 5.95 Å². The maximum Gasteiger partial charge on any atom is 0.322 e. The van der Waals surface area contributed by atoms with Gasteiger partial charge in [-0.3, -0.25) is 0 Å². The van der Waals surface area contributed by atoms with E-state index < -0.39 is 0 Å². The molecule has 19 heavy (non-hydrogen) atoms. The smallest absolute Gasteiger partial charge is 0.322 e. The van der Waals surface area contributed by atoms with Gasteiger partial charge in [0.05, 0.1) is 6.10 Å². The SMILES string of the molecule is CNc1nc(OC(C)C)nc(-c2ccccc2Br)n1. The first-order valence-corrected chi connectivity index (χ1v) is 6.75. The molecule has 2 aromatic rings. The first kappa shape index (κ1) is 13.7. The lowest BCUT2D eigenvalue weighted by Gasteiger charge is -2.10. The van der Waals surface area contributed by atoms with E-state index in [1.807, 2.05) is 38.1 Å². The third kappa shape index (κ3) is 3.41. The molecule has 1 heterocycles. The minimum absolute atomic E-state index is 0.0131. The highest BCUT2D eigenvalue weighted by Crippen LogP contribution is 2.26. The molecule has 0 bridgehead atoms. The molecular formula is C13H15BrN4O. The van der Waals surface area contributed by atoms with E-state index in [0.29, 0.717) is 17.8 Å². The van der Waals surface area contributed by atoms with Crippen LogP contribution in [-0.4, -0.2) is 28.1 Å². The zero-order valence-electron chi connectivity index (χ0n) is 11.0. The third-order valence-corrected chi connectivity index (χ3v) is 2.99. The van der Waals surface area contributed by atoms with E-state index in [0.717, 1.165) is 10.0 Å². The number of aromatic nitrogens is 3. The molecule has 0 aliphatic rings. The van der Waals surface area contributed by atoms with Crippen LogP contribution in [0.2, 0.25) is 0 Å². The van der Waals surface area contributed by atoms with Gasteiger partial charge < -0.3 is 10.1 Å². The number of rotatable bonds is 4. The number of hydrogen-bond acceptors (Lipinski definition) is 5. The van der Waals surface area contributed by atoms with Crippen molar-refractivity contribution in [1.29, 1.82) is 0 Å². The Morgan fingerprint density at radius 2 is 1.89 bits per heavy atom. The number of ether oxygens (including phenoxy) is 1. The summed E-state index contributed by atoms with van der Waals surface area (Å²) >= 11 is 3.49. The highest BCUT2D eigenvalue weighted by Gasteiger charge is 2.11. The number of nitrogens with one attached hydrogen (secondary N) is 1.